The summed E-state index contributed by atoms with van der Waals surface area (Å²) in [6.07, 6.45) is -0.683. The van der Waals surface area contributed by atoms with E-state index in [-0.39, 0.29) is 6.61 Å². The van der Waals surface area contributed by atoms with Gasteiger partial charge < -0.3 is 14.6 Å². The van der Waals surface area contributed by atoms with Crippen molar-refractivity contribution in [2.45, 2.75) is 58.8 Å². The molecule has 1 atom stereocenters. The van der Waals surface area contributed by atoms with Crippen molar-refractivity contribution in [3.8, 4) is 0 Å². The van der Waals surface area contributed by atoms with Crippen molar-refractivity contribution in [3.63, 3.8) is 0 Å². The summed E-state index contributed by atoms with van der Waals surface area (Å²) in [7, 11) is 1.39. The molecule has 0 bridgehead atoms. The van der Waals surface area contributed by atoms with Crippen LogP contribution in [0.5, 0.6) is 0 Å². The molecule has 0 aromatic rings. The second kappa shape index (κ2) is 6.23. The Morgan fingerprint density at radius 1 is 1.11 bits per heavy atom. The Bertz CT molecular complexity index is 327. The van der Waals surface area contributed by atoms with Gasteiger partial charge in [-0.15, -0.1) is 0 Å². The van der Waals surface area contributed by atoms with Gasteiger partial charge in [-0.2, -0.15) is 0 Å². The summed E-state index contributed by atoms with van der Waals surface area (Å²) in [5, 5.41) is 9.16. The lowest BCUT2D eigenvalue weighted by molar-refractivity contribution is -0.147. The van der Waals surface area contributed by atoms with E-state index in [1.165, 1.54) is 7.05 Å². The fourth-order valence-corrected chi connectivity index (χ4v) is 1.14. The van der Waals surface area contributed by atoms with Crippen LogP contribution in [0.1, 0.15) is 41.5 Å². The maximum atomic E-state index is 11.8. The molecule has 0 radical (unpaired) electrons. The first-order chi connectivity index (χ1) is 8.33. The number of nitrogens with zero attached hydrogens (tertiary/aromatic N) is 1. The van der Waals surface area contributed by atoms with E-state index in [1.807, 2.05) is 20.8 Å². The Kier molecular flexibility index (Phi) is 5.81. The third-order valence-electron chi connectivity index (χ3n) is 2.11. The average molecular weight is 275 g/mol. The second-order valence-electron chi connectivity index (χ2n) is 6.37. The summed E-state index contributed by atoms with van der Waals surface area (Å²) in [6.45, 7) is 10.5. The Hall–Kier alpha value is -1.30. The fraction of sp³-hybridized carbons (Fsp3) is 0.846. The van der Waals surface area contributed by atoms with Crippen molar-refractivity contribution < 1.29 is 24.2 Å². The minimum Gasteiger partial charge on any atom is -0.480 e. The summed E-state index contributed by atoms with van der Waals surface area (Å²) < 4.78 is 10.6. The normalized spacial score (nSPS) is 13.8. The number of hydrogen-bond donors (Lipinski definition) is 1. The summed E-state index contributed by atoms with van der Waals surface area (Å²) >= 11 is 0. The van der Waals surface area contributed by atoms with Crippen molar-refractivity contribution >= 4 is 12.1 Å². The monoisotopic (exact) mass is 275 g/mol. The number of carboxylic acids is 1. The summed E-state index contributed by atoms with van der Waals surface area (Å²) in [4.78, 5) is 24.1. The smallest absolute Gasteiger partial charge is 0.410 e. The Labute approximate surface area is 114 Å². The van der Waals surface area contributed by atoms with Gasteiger partial charge in [0, 0.05) is 7.05 Å². The van der Waals surface area contributed by atoms with Gasteiger partial charge in [0.25, 0.3) is 0 Å². The van der Waals surface area contributed by atoms with E-state index < -0.39 is 29.3 Å². The Morgan fingerprint density at radius 2 is 1.58 bits per heavy atom. The van der Waals surface area contributed by atoms with E-state index >= 15 is 0 Å². The molecular weight excluding hydrogens is 250 g/mol. The molecule has 0 heterocycles. The van der Waals surface area contributed by atoms with Gasteiger partial charge in [0.15, 0.2) is 6.04 Å². The van der Waals surface area contributed by atoms with E-state index in [0.717, 1.165) is 4.90 Å². The second-order valence-corrected chi connectivity index (χ2v) is 6.37. The van der Waals surface area contributed by atoms with Crippen LogP contribution in [0.3, 0.4) is 0 Å². The minimum atomic E-state index is -1.13. The molecule has 0 saturated heterocycles. The molecule has 0 saturated carbocycles. The number of rotatable bonds is 4. The quantitative estimate of drug-likeness (QED) is 0.850. The van der Waals surface area contributed by atoms with Gasteiger partial charge in [-0.25, -0.2) is 9.59 Å². The first-order valence-electron chi connectivity index (χ1n) is 6.16. The topological polar surface area (TPSA) is 76.1 Å². The van der Waals surface area contributed by atoms with E-state index in [9.17, 15) is 9.59 Å². The third kappa shape index (κ3) is 7.66. The molecule has 0 aromatic heterocycles. The van der Waals surface area contributed by atoms with Gasteiger partial charge in [0.2, 0.25) is 0 Å². The maximum Gasteiger partial charge on any atom is 0.410 e. The van der Waals surface area contributed by atoms with Gasteiger partial charge in [-0.1, -0.05) is 0 Å². The number of carbonyl (C=O) groups is 2. The average Bonchev–Trinajstić information content (AvgIpc) is 2.12. The number of carboxylic acid groups (broad SMARTS) is 1. The van der Waals surface area contributed by atoms with Crippen LogP contribution in [0.2, 0.25) is 0 Å². The molecule has 0 aliphatic rings. The van der Waals surface area contributed by atoms with Crippen molar-refractivity contribution in [1.29, 1.82) is 0 Å². The van der Waals surface area contributed by atoms with Crippen molar-refractivity contribution in [2.75, 3.05) is 13.7 Å². The van der Waals surface area contributed by atoms with Gasteiger partial charge in [0.05, 0.1) is 12.2 Å². The highest BCUT2D eigenvalue weighted by atomic mass is 16.6. The zero-order valence-electron chi connectivity index (χ0n) is 12.8. The molecule has 0 spiro atoms. The highest BCUT2D eigenvalue weighted by Crippen LogP contribution is 2.13. The molecule has 0 aliphatic heterocycles. The first kappa shape index (κ1) is 17.7. The van der Waals surface area contributed by atoms with E-state index in [2.05, 4.69) is 0 Å². The van der Waals surface area contributed by atoms with Gasteiger partial charge in [-0.05, 0) is 41.5 Å². The van der Waals surface area contributed by atoms with Crippen LogP contribution in [0, 0.1) is 0 Å². The minimum absolute atomic E-state index is 0.0887. The predicted octanol–water partition coefficient (Wildman–Crippen LogP) is 2.12. The maximum absolute atomic E-state index is 11.8. The van der Waals surface area contributed by atoms with Crippen LogP contribution in [0.25, 0.3) is 0 Å². The lowest BCUT2D eigenvalue weighted by Crippen LogP contribution is -2.48. The number of hydrogen-bond acceptors (Lipinski definition) is 4. The molecule has 19 heavy (non-hydrogen) atoms. The molecule has 6 heteroatoms. The first-order valence-corrected chi connectivity index (χ1v) is 6.16. The van der Waals surface area contributed by atoms with Crippen molar-refractivity contribution in [1.82, 2.24) is 4.90 Å². The molecule has 0 aromatic carbocycles. The molecule has 112 valence electrons. The molecule has 6 nitrogen and oxygen atoms in total. The zero-order valence-corrected chi connectivity index (χ0v) is 12.8. The van der Waals surface area contributed by atoms with Crippen LogP contribution in [0.15, 0.2) is 0 Å². The van der Waals surface area contributed by atoms with E-state index in [0.29, 0.717) is 0 Å². The van der Waals surface area contributed by atoms with E-state index in [1.54, 1.807) is 20.8 Å². The van der Waals surface area contributed by atoms with Crippen molar-refractivity contribution in [3.05, 3.63) is 0 Å². The van der Waals surface area contributed by atoms with E-state index in [4.69, 9.17) is 14.6 Å². The number of amides is 1. The van der Waals surface area contributed by atoms with Crippen LogP contribution in [-0.4, -0.2) is 53.0 Å². The zero-order chi connectivity index (χ0) is 15.4. The number of carbonyl (C=O) groups excluding carboxylic acids is 1. The Morgan fingerprint density at radius 3 is 1.89 bits per heavy atom. The molecule has 1 amide bonds. The lowest BCUT2D eigenvalue weighted by atomic mass is 10.2. The molecule has 1 unspecified atom stereocenters. The molecule has 0 fully saturated rings. The van der Waals surface area contributed by atoms with Crippen molar-refractivity contribution in [2.24, 2.45) is 0 Å². The highest BCUT2D eigenvalue weighted by Gasteiger charge is 2.31. The van der Waals surface area contributed by atoms with Gasteiger partial charge in [0.1, 0.15) is 5.60 Å². The van der Waals surface area contributed by atoms with Crippen LogP contribution in [-0.2, 0) is 14.3 Å². The highest BCUT2D eigenvalue weighted by molar-refractivity contribution is 5.80. The van der Waals surface area contributed by atoms with Gasteiger partial charge in [-0.3, -0.25) is 4.90 Å². The Balaban J connectivity index is 4.71. The summed E-state index contributed by atoms with van der Waals surface area (Å²) in [5.74, 6) is -1.13. The van der Waals surface area contributed by atoms with Crippen LogP contribution < -0.4 is 0 Å². The van der Waals surface area contributed by atoms with Gasteiger partial charge >= 0.3 is 12.1 Å². The predicted molar refractivity (Wildman–Crippen MR) is 71.1 cm³/mol. The molecular formula is C13H25NO5. The third-order valence-corrected chi connectivity index (χ3v) is 2.11. The number of ether oxygens (including phenoxy) is 2. The number of likely N-dealkylation sites (N-methyl/N-ethyl adjacent to an activating group) is 1. The molecule has 0 rings (SSSR count). The summed E-state index contributed by atoms with van der Waals surface area (Å²) in [5.41, 5.74) is -1.14. The molecule has 1 N–H and O–H groups in total. The fourth-order valence-electron chi connectivity index (χ4n) is 1.14. The number of aliphatic carboxylic acids is 1. The lowest BCUT2D eigenvalue weighted by Gasteiger charge is -2.30. The van der Waals surface area contributed by atoms with Crippen LogP contribution >= 0.6 is 0 Å². The van der Waals surface area contributed by atoms with Crippen LogP contribution in [0.4, 0.5) is 4.79 Å². The SMILES string of the molecule is CN(C(=O)OC(C)(C)C)C(COC(C)(C)C)C(=O)O. The summed E-state index contributed by atoms with van der Waals surface area (Å²) in [6, 6.07) is -1.07. The standard InChI is InChI=1S/C13H25NO5/c1-12(2,3)18-8-9(10(15)16)14(7)11(17)19-13(4,5)6/h9H,8H2,1-7H3,(H,15,16). The largest absolute Gasteiger partial charge is 0.480 e. The molecule has 0 aliphatic carbocycles.